The first-order chi connectivity index (χ1) is 13.6. The monoisotopic (exact) mass is 399 g/mol. The molecule has 0 aromatic heterocycles. The number of carbonyl (C=O) groups is 2. The summed E-state index contributed by atoms with van der Waals surface area (Å²) in [5.41, 5.74) is 1.54. The Morgan fingerprint density at radius 1 is 1.24 bits per heavy atom. The molecule has 5 heteroatoms. The van der Waals surface area contributed by atoms with Gasteiger partial charge in [0.1, 0.15) is 11.5 Å². The third-order valence-corrected chi connectivity index (χ3v) is 6.76. The summed E-state index contributed by atoms with van der Waals surface area (Å²) in [6.45, 7) is 9.67. The van der Waals surface area contributed by atoms with Crippen LogP contribution in [-0.4, -0.2) is 36.4 Å². The molecule has 1 unspecified atom stereocenters. The molecule has 1 aromatic carbocycles. The van der Waals surface area contributed by atoms with Crippen LogP contribution >= 0.6 is 0 Å². The predicted octanol–water partition coefficient (Wildman–Crippen LogP) is 4.68. The molecule has 1 fully saturated rings. The van der Waals surface area contributed by atoms with E-state index in [0.29, 0.717) is 19.3 Å². The molecule has 0 saturated heterocycles. The van der Waals surface area contributed by atoms with E-state index in [2.05, 4.69) is 0 Å². The molecule has 3 rings (SSSR count). The highest BCUT2D eigenvalue weighted by molar-refractivity contribution is 6.18. The van der Waals surface area contributed by atoms with E-state index in [-0.39, 0.29) is 23.8 Å². The molecule has 1 spiro atoms. The van der Waals surface area contributed by atoms with Crippen molar-refractivity contribution in [2.75, 3.05) is 7.11 Å². The van der Waals surface area contributed by atoms with Gasteiger partial charge in [-0.25, -0.2) is 4.99 Å². The van der Waals surface area contributed by atoms with Gasteiger partial charge in [-0.15, -0.1) is 0 Å². The fourth-order valence-corrected chi connectivity index (χ4v) is 4.18. The van der Waals surface area contributed by atoms with E-state index in [0.717, 1.165) is 29.5 Å². The Kier molecular flexibility index (Phi) is 6.00. The van der Waals surface area contributed by atoms with Crippen LogP contribution in [0.4, 0.5) is 0 Å². The normalized spacial score (nSPS) is 27.2. The maximum atomic E-state index is 13.7. The summed E-state index contributed by atoms with van der Waals surface area (Å²) in [6.07, 6.45) is 3.64. The van der Waals surface area contributed by atoms with Crippen LogP contribution in [0.1, 0.15) is 75.5 Å². The molecule has 0 radical (unpaired) electrons. The number of esters is 1. The van der Waals surface area contributed by atoms with Crippen LogP contribution < -0.4 is 0 Å². The minimum atomic E-state index is -0.804. The standard InChI is InChI=1S/C24H33NO4/c1-7-23(4,5)22(27)29-21-19(18-14-15(2)8-9-16(18)3)20(26)24(25-21)12-10-17(28-6)11-13-24/h8-9,14,17,19H,7,10-13H2,1-6H3. The third-order valence-electron chi connectivity index (χ3n) is 6.76. The van der Waals surface area contributed by atoms with Crippen molar-refractivity contribution in [1.82, 2.24) is 0 Å². The summed E-state index contributed by atoms with van der Waals surface area (Å²) in [6, 6.07) is 6.06. The van der Waals surface area contributed by atoms with Gasteiger partial charge in [0.2, 0.25) is 5.90 Å². The summed E-state index contributed by atoms with van der Waals surface area (Å²) in [5.74, 6) is -0.626. The predicted molar refractivity (Wildman–Crippen MR) is 113 cm³/mol. The highest BCUT2D eigenvalue weighted by Crippen LogP contribution is 2.44. The van der Waals surface area contributed by atoms with E-state index >= 15 is 0 Å². The zero-order chi connectivity index (χ0) is 21.4. The molecule has 1 aromatic rings. The number of carbonyl (C=O) groups excluding carboxylic acids is 2. The number of Topliss-reactive ketones (excluding diaryl/α,β-unsaturated/α-hetero) is 1. The summed E-state index contributed by atoms with van der Waals surface area (Å²) in [7, 11) is 1.71. The van der Waals surface area contributed by atoms with Crippen LogP contribution in [0, 0.1) is 19.3 Å². The smallest absolute Gasteiger partial charge is 0.317 e. The second kappa shape index (κ2) is 8.02. The molecule has 29 heavy (non-hydrogen) atoms. The van der Waals surface area contributed by atoms with Crippen molar-refractivity contribution < 1.29 is 19.1 Å². The minimum absolute atomic E-state index is 0.0536. The summed E-state index contributed by atoms with van der Waals surface area (Å²) < 4.78 is 11.3. The lowest BCUT2D eigenvalue weighted by molar-refractivity contribution is -0.145. The topological polar surface area (TPSA) is 65.0 Å². The Balaban J connectivity index is 2.01. The van der Waals surface area contributed by atoms with Gasteiger partial charge >= 0.3 is 5.97 Å². The van der Waals surface area contributed by atoms with Crippen molar-refractivity contribution in [3.63, 3.8) is 0 Å². The summed E-state index contributed by atoms with van der Waals surface area (Å²) in [4.78, 5) is 31.3. The molecule has 1 saturated carbocycles. The van der Waals surface area contributed by atoms with Gasteiger partial charge in [-0.05, 0) is 70.9 Å². The first kappa shape index (κ1) is 21.7. The Morgan fingerprint density at radius 2 is 1.90 bits per heavy atom. The van der Waals surface area contributed by atoms with Gasteiger partial charge < -0.3 is 9.47 Å². The van der Waals surface area contributed by atoms with Crippen molar-refractivity contribution in [2.45, 2.75) is 84.3 Å². The van der Waals surface area contributed by atoms with E-state index < -0.39 is 16.9 Å². The lowest BCUT2D eigenvalue weighted by Gasteiger charge is -2.33. The van der Waals surface area contributed by atoms with Crippen molar-refractivity contribution in [2.24, 2.45) is 10.4 Å². The minimum Gasteiger partial charge on any atom is -0.410 e. The van der Waals surface area contributed by atoms with Crippen LogP contribution in [0.15, 0.2) is 23.2 Å². The zero-order valence-corrected chi connectivity index (χ0v) is 18.5. The summed E-state index contributed by atoms with van der Waals surface area (Å²) in [5, 5.41) is 0. The van der Waals surface area contributed by atoms with E-state index in [4.69, 9.17) is 14.5 Å². The number of ether oxygens (including phenoxy) is 2. The molecule has 2 aliphatic rings. The highest BCUT2D eigenvalue weighted by Gasteiger charge is 2.53. The van der Waals surface area contributed by atoms with Crippen molar-refractivity contribution in [3.8, 4) is 0 Å². The number of nitrogens with zero attached hydrogens (tertiary/aromatic N) is 1. The largest absolute Gasteiger partial charge is 0.410 e. The first-order valence-corrected chi connectivity index (χ1v) is 10.6. The van der Waals surface area contributed by atoms with Crippen LogP contribution in [0.25, 0.3) is 0 Å². The number of methoxy groups -OCH3 is 1. The molecular weight excluding hydrogens is 366 g/mol. The second-order valence-corrected chi connectivity index (χ2v) is 9.20. The number of aliphatic imine (C=N–C) groups is 1. The lowest BCUT2D eigenvalue weighted by atomic mass is 9.74. The molecule has 158 valence electrons. The molecule has 1 aliphatic heterocycles. The van der Waals surface area contributed by atoms with Gasteiger partial charge in [0, 0.05) is 7.11 Å². The maximum absolute atomic E-state index is 13.7. The molecular formula is C24H33NO4. The number of hydrogen-bond acceptors (Lipinski definition) is 5. The number of benzene rings is 1. The number of hydrogen-bond donors (Lipinski definition) is 0. The Labute approximate surface area is 173 Å². The van der Waals surface area contributed by atoms with E-state index in [9.17, 15) is 9.59 Å². The number of ketones is 1. The van der Waals surface area contributed by atoms with E-state index in [1.807, 2.05) is 52.8 Å². The number of rotatable bonds is 4. The van der Waals surface area contributed by atoms with E-state index in [1.54, 1.807) is 7.11 Å². The molecule has 1 aliphatic carbocycles. The van der Waals surface area contributed by atoms with Crippen LogP contribution in [0.5, 0.6) is 0 Å². The fraction of sp³-hybridized carbons (Fsp3) is 0.625. The van der Waals surface area contributed by atoms with Crippen molar-refractivity contribution >= 4 is 17.7 Å². The fourth-order valence-electron chi connectivity index (χ4n) is 4.18. The van der Waals surface area contributed by atoms with Gasteiger partial charge in [0.05, 0.1) is 11.5 Å². The Hall–Kier alpha value is -2.01. The van der Waals surface area contributed by atoms with Crippen LogP contribution in [0.3, 0.4) is 0 Å². The van der Waals surface area contributed by atoms with Crippen LogP contribution in [0.2, 0.25) is 0 Å². The zero-order valence-electron chi connectivity index (χ0n) is 18.5. The van der Waals surface area contributed by atoms with Gasteiger partial charge in [-0.2, -0.15) is 0 Å². The third kappa shape index (κ3) is 4.02. The average Bonchev–Trinajstić information content (AvgIpc) is 2.95. The van der Waals surface area contributed by atoms with Gasteiger partial charge in [-0.3, -0.25) is 9.59 Å². The molecule has 1 heterocycles. The SMILES string of the molecule is CCC(C)(C)C(=O)OC1=NC2(CCC(OC)CC2)C(=O)C1c1cc(C)ccc1C. The Morgan fingerprint density at radius 3 is 2.48 bits per heavy atom. The van der Waals surface area contributed by atoms with Crippen LogP contribution in [-0.2, 0) is 19.1 Å². The highest BCUT2D eigenvalue weighted by atomic mass is 16.5. The quantitative estimate of drug-likeness (QED) is 0.690. The second-order valence-electron chi connectivity index (χ2n) is 9.20. The Bertz CT molecular complexity index is 831. The maximum Gasteiger partial charge on any atom is 0.317 e. The van der Waals surface area contributed by atoms with Gasteiger partial charge in [-0.1, -0.05) is 30.7 Å². The molecule has 0 N–H and O–H groups in total. The van der Waals surface area contributed by atoms with Crippen molar-refractivity contribution in [3.05, 3.63) is 34.9 Å². The molecule has 1 atom stereocenters. The first-order valence-electron chi connectivity index (χ1n) is 10.6. The average molecular weight is 400 g/mol. The number of aryl methyl sites for hydroxylation is 2. The summed E-state index contributed by atoms with van der Waals surface area (Å²) >= 11 is 0. The van der Waals surface area contributed by atoms with Gasteiger partial charge in [0.15, 0.2) is 5.78 Å². The molecule has 0 amide bonds. The molecule has 5 nitrogen and oxygen atoms in total. The molecule has 0 bridgehead atoms. The van der Waals surface area contributed by atoms with Crippen molar-refractivity contribution in [1.29, 1.82) is 0 Å². The lowest BCUT2D eigenvalue weighted by Crippen LogP contribution is -2.41. The van der Waals surface area contributed by atoms with E-state index in [1.165, 1.54) is 0 Å². The van der Waals surface area contributed by atoms with Gasteiger partial charge in [0.25, 0.3) is 0 Å².